The Balaban J connectivity index is 0.000000151. The van der Waals surface area contributed by atoms with Crippen LogP contribution in [0, 0.1) is 71.0 Å². The van der Waals surface area contributed by atoms with Crippen LogP contribution in [0.1, 0.15) is 304 Å². The Morgan fingerprint density at radius 1 is 0.375 bits per heavy atom. The number of hydrogen-bond donors (Lipinski definition) is 0. The molecule has 88 heavy (non-hydrogen) atoms. The third kappa shape index (κ3) is 19.0. The Bertz CT molecular complexity index is 1970. The monoisotopic (exact) mass is 1250 g/mol. The second-order valence-electron chi connectivity index (χ2n) is 32.1. The smallest absolute Gasteiger partial charge is 0.161 e. The SMILES string of the molecule is CC(C)C1CCC2(C(C)C)COC1O2.CC(C)CC1CCC2(CC(C)C)COC1O2.CCC(C)C1CCC2(C(C)CC)COC1O2.CCC1CCC2(CC)COC1O2.CCCC1CCC2(CCC)COC1O2.CCCCC1CCC2(CCCC)COC1O2. The predicted octanol–water partition coefficient (Wildman–Crippen LogP) is 19.3. The van der Waals surface area contributed by atoms with Gasteiger partial charge in [0.25, 0.3) is 0 Å². The van der Waals surface area contributed by atoms with Gasteiger partial charge in [-0.25, -0.2) is 0 Å². The molecule has 0 radical (unpaired) electrons. The van der Waals surface area contributed by atoms with Crippen LogP contribution in [0.15, 0.2) is 0 Å². The van der Waals surface area contributed by atoms with E-state index in [4.69, 9.17) is 56.8 Å². The van der Waals surface area contributed by atoms with Crippen molar-refractivity contribution in [3.63, 3.8) is 0 Å². The molecule has 20 unspecified atom stereocenters. The van der Waals surface area contributed by atoms with E-state index in [0.717, 1.165) is 64.3 Å². The molecule has 12 heterocycles. The van der Waals surface area contributed by atoms with Crippen molar-refractivity contribution in [3.8, 4) is 0 Å². The van der Waals surface area contributed by atoms with Crippen LogP contribution in [0.2, 0.25) is 0 Å². The average molecular weight is 1250 g/mol. The summed E-state index contributed by atoms with van der Waals surface area (Å²) in [4.78, 5) is 0. The van der Waals surface area contributed by atoms with E-state index in [9.17, 15) is 0 Å². The molecule has 12 rings (SSSR count). The van der Waals surface area contributed by atoms with Crippen molar-refractivity contribution in [1.29, 1.82) is 0 Å². The van der Waals surface area contributed by atoms with Gasteiger partial charge >= 0.3 is 0 Å². The molecule has 0 aliphatic carbocycles. The van der Waals surface area contributed by atoms with Crippen molar-refractivity contribution in [2.24, 2.45) is 71.0 Å². The molecule has 0 spiro atoms. The number of rotatable bonds is 22. The van der Waals surface area contributed by atoms with E-state index in [0.29, 0.717) is 59.2 Å². The fourth-order valence-corrected chi connectivity index (χ4v) is 17.2. The third-order valence-electron chi connectivity index (χ3n) is 23.9. The summed E-state index contributed by atoms with van der Waals surface area (Å²) < 4.78 is 71.6. The van der Waals surface area contributed by atoms with E-state index >= 15 is 0 Å². The summed E-state index contributed by atoms with van der Waals surface area (Å²) in [6, 6.07) is 0. The van der Waals surface area contributed by atoms with Crippen LogP contribution >= 0.6 is 0 Å². The Labute approximate surface area is 540 Å². The third-order valence-corrected chi connectivity index (χ3v) is 23.9. The fraction of sp³-hybridized carbons (Fsp3) is 1.00. The molecule has 12 saturated heterocycles. The van der Waals surface area contributed by atoms with Crippen molar-refractivity contribution in [2.45, 2.75) is 376 Å². The van der Waals surface area contributed by atoms with Crippen molar-refractivity contribution < 1.29 is 56.8 Å². The van der Waals surface area contributed by atoms with Crippen molar-refractivity contribution in [3.05, 3.63) is 0 Å². The minimum absolute atomic E-state index is 0.0378. The van der Waals surface area contributed by atoms with Gasteiger partial charge in [0.1, 0.15) is 0 Å². The van der Waals surface area contributed by atoms with E-state index in [1.807, 2.05) is 0 Å². The van der Waals surface area contributed by atoms with E-state index in [2.05, 4.69) is 125 Å². The molecule has 20 atom stereocenters. The zero-order chi connectivity index (χ0) is 63.9. The molecule has 12 fully saturated rings. The van der Waals surface area contributed by atoms with Gasteiger partial charge in [-0.1, -0.05) is 176 Å². The molecule has 0 aromatic rings. The summed E-state index contributed by atoms with van der Waals surface area (Å²) in [5.41, 5.74) is 0.440. The Kier molecular flexibility index (Phi) is 29.3. The lowest BCUT2D eigenvalue weighted by molar-refractivity contribution is -0.177. The first-order valence-corrected chi connectivity index (χ1v) is 37.8. The highest BCUT2D eigenvalue weighted by molar-refractivity contribution is 4.99. The maximum atomic E-state index is 6.25. The highest BCUT2D eigenvalue weighted by Crippen LogP contribution is 2.50. The lowest BCUT2D eigenvalue weighted by Crippen LogP contribution is -2.45. The molecular formula is C76H140O12. The van der Waals surface area contributed by atoms with Crippen LogP contribution < -0.4 is 0 Å². The normalized spacial score (nSPS) is 41.2. The first-order chi connectivity index (χ1) is 42.1. The molecule has 12 nitrogen and oxygen atoms in total. The summed E-state index contributed by atoms with van der Waals surface area (Å²) in [5.74, 6) is 7.84. The first kappa shape index (κ1) is 74.9. The topological polar surface area (TPSA) is 111 Å². The maximum Gasteiger partial charge on any atom is 0.161 e. The Hall–Kier alpha value is -0.480. The highest BCUT2D eigenvalue weighted by atomic mass is 16.8. The Morgan fingerprint density at radius 2 is 0.852 bits per heavy atom. The molecule has 516 valence electrons. The van der Waals surface area contributed by atoms with Crippen LogP contribution in [-0.4, -0.2) is 111 Å². The molecule has 0 amide bonds. The number of fused-ring (bicyclic) bond motifs is 12. The molecule has 12 heteroatoms. The summed E-state index contributed by atoms with van der Waals surface area (Å²) in [6.07, 6.45) is 35.1. The molecule has 0 aromatic heterocycles. The van der Waals surface area contributed by atoms with Crippen LogP contribution in [-0.2, 0) is 56.8 Å². The molecular weight excluding hydrogens is 1100 g/mol. The summed E-state index contributed by atoms with van der Waals surface area (Å²) in [7, 11) is 0. The van der Waals surface area contributed by atoms with Gasteiger partial charge in [0.05, 0.1) is 73.2 Å². The first-order valence-electron chi connectivity index (χ1n) is 37.8. The average Bonchev–Trinajstić information content (AvgIpc) is 2.06. The second-order valence-corrected chi connectivity index (χ2v) is 32.1. The zero-order valence-electron chi connectivity index (χ0n) is 60.3. The zero-order valence-corrected chi connectivity index (χ0v) is 60.3. The van der Waals surface area contributed by atoms with E-state index in [1.54, 1.807) is 0 Å². The van der Waals surface area contributed by atoms with Crippen LogP contribution in [0.5, 0.6) is 0 Å². The minimum Gasteiger partial charge on any atom is -0.349 e. The van der Waals surface area contributed by atoms with Gasteiger partial charge in [-0.15, -0.1) is 0 Å². The quantitative estimate of drug-likeness (QED) is 0.103. The molecule has 0 saturated carbocycles. The lowest BCUT2D eigenvalue weighted by atomic mass is 9.77. The highest BCUT2D eigenvalue weighted by Gasteiger charge is 2.54. The van der Waals surface area contributed by atoms with Crippen LogP contribution in [0.4, 0.5) is 0 Å². The lowest BCUT2D eigenvalue weighted by Gasteiger charge is -2.40. The molecule has 12 aliphatic heterocycles. The standard InChI is InChI=1S/3C14H26O2.2C12H22O2.C10H18O2/c1-10(2)7-12-5-6-14(8-11(3)4)9-15-13(12)16-14;1-5-10(3)12-7-8-14(11(4)6-2)9-15-13(12)16-14;1-3-5-7-12-8-10-14(9-6-4-2)11-15-13(12)16-14;1-8(2)10-5-6-12(9(3)4)7-13-11(10)14-12;1-3-5-10-6-8-12(7-4-2)9-13-11(10)14-12;1-3-8-5-6-10(4-2)7-11-9(8)12-10/h2*10-13H,5-9H2,1-4H3;12-13H,3-11H2,1-2H3;8-11H,5-7H2,1-4H3;10-11H,3-9H2,1-2H3;8-9H,3-7H2,1-2H3. The largest absolute Gasteiger partial charge is 0.349 e. The van der Waals surface area contributed by atoms with Crippen LogP contribution in [0.25, 0.3) is 0 Å². The molecule has 12 aliphatic rings. The molecule has 0 aromatic carbocycles. The van der Waals surface area contributed by atoms with Gasteiger partial charge in [-0.05, 0) is 164 Å². The Morgan fingerprint density at radius 3 is 1.41 bits per heavy atom. The summed E-state index contributed by atoms with van der Waals surface area (Å²) in [6.45, 7) is 45.6. The van der Waals surface area contributed by atoms with Crippen molar-refractivity contribution in [1.82, 2.24) is 0 Å². The van der Waals surface area contributed by atoms with Gasteiger partial charge in [0.2, 0.25) is 0 Å². The summed E-state index contributed by atoms with van der Waals surface area (Å²) in [5, 5.41) is 0. The molecule has 12 bridgehead atoms. The van der Waals surface area contributed by atoms with Gasteiger partial charge in [0, 0.05) is 35.5 Å². The van der Waals surface area contributed by atoms with Gasteiger partial charge in [-0.2, -0.15) is 0 Å². The summed E-state index contributed by atoms with van der Waals surface area (Å²) >= 11 is 0. The van der Waals surface area contributed by atoms with Crippen molar-refractivity contribution in [2.75, 3.05) is 39.6 Å². The molecule has 0 N–H and O–H groups in total. The van der Waals surface area contributed by atoms with Crippen LogP contribution in [0.3, 0.4) is 0 Å². The van der Waals surface area contributed by atoms with Gasteiger partial charge in [0.15, 0.2) is 37.7 Å². The number of hydrogen-bond acceptors (Lipinski definition) is 12. The van der Waals surface area contributed by atoms with E-state index in [1.165, 1.54) is 167 Å². The predicted molar refractivity (Wildman–Crippen MR) is 355 cm³/mol. The number of ether oxygens (including phenoxy) is 12. The minimum atomic E-state index is 0.0378. The maximum absolute atomic E-state index is 6.25. The van der Waals surface area contributed by atoms with Gasteiger partial charge < -0.3 is 56.8 Å². The van der Waals surface area contributed by atoms with E-state index < -0.39 is 0 Å². The van der Waals surface area contributed by atoms with Gasteiger partial charge in [-0.3, -0.25) is 0 Å². The fourth-order valence-electron chi connectivity index (χ4n) is 17.2. The van der Waals surface area contributed by atoms with E-state index in [-0.39, 0.29) is 71.3 Å². The number of unbranched alkanes of at least 4 members (excludes halogenated alkanes) is 2. The second kappa shape index (κ2) is 34.5. The van der Waals surface area contributed by atoms with Crippen molar-refractivity contribution >= 4 is 0 Å².